The van der Waals surface area contributed by atoms with Crippen LogP contribution in [-0.2, 0) is 0 Å². The van der Waals surface area contributed by atoms with Crippen molar-refractivity contribution in [2.45, 2.75) is 13.8 Å². The Bertz CT molecular complexity index is 367. The molecule has 0 atom stereocenters. The van der Waals surface area contributed by atoms with Gasteiger partial charge in [0.15, 0.2) is 5.78 Å². The third-order valence-electron chi connectivity index (χ3n) is 1.84. The summed E-state index contributed by atoms with van der Waals surface area (Å²) in [6, 6.07) is 2.92. The summed E-state index contributed by atoms with van der Waals surface area (Å²) in [7, 11) is 0. The third-order valence-corrected chi connectivity index (χ3v) is 1.84. The highest BCUT2D eigenvalue weighted by molar-refractivity contribution is 5.98. The highest BCUT2D eigenvalue weighted by atomic mass is 16.3. The Labute approximate surface area is 76.0 Å². The van der Waals surface area contributed by atoms with Gasteiger partial charge in [0.1, 0.15) is 12.0 Å². The average molecular weight is 178 g/mol. The molecule has 0 saturated carbocycles. The first-order valence-electron chi connectivity index (χ1n) is 3.86. The summed E-state index contributed by atoms with van der Waals surface area (Å²) in [6.07, 6.45) is 0.652. The van der Waals surface area contributed by atoms with E-state index in [1.165, 1.54) is 19.1 Å². The Balaban J connectivity index is 3.41. The third kappa shape index (κ3) is 1.75. The maximum atomic E-state index is 11.0. The predicted octanol–water partition coefficient (Wildman–Crippen LogP) is 1.72. The van der Waals surface area contributed by atoms with Crippen molar-refractivity contribution < 1.29 is 14.7 Å². The van der Waals surface area contributed by atoms with E-state index in [0.29, 0.717) is 17.4 Å². The van der Waals surface area contributed by atoms with Crippen molar-refractivity contribution in [3.63, 3.8) is 0 Å². The lowest BCUT2D eigenvalue weighted by Crippen LogP contribution is -1.96. The molecule has 1 N–H and O–H groups in total. The minimum Gasteiger partial charge on any atom is -0.507 e. The molecule has 0 bridgehead atoms. The molecule has 0 amide bonds. The lowest BCUT2D eigenvalue weighted by atomic mass is 10.0. The van der Waals surface area contributed by atoms with E-state index in [1.807, 2.05) is 0 Å². The topological polar surface area (TPSA) is 54.4 Å². The van der Waals surface area contributed by atoms with E-state index in [4.69, 9.17) is 0 Å². The van der Waals surface area contributed by atoms with Crippen molar-refractivity contribution in [2.75, 3.05) is 0 Å². The Morgan fingerprint density at radius 3 is 2.54 bits per heavy atom. The molecule has 1 aromatic carbocycles. The van der Waals surface area contributed by atoms with Gasteiger partial charge in [-0.25, -0.2) is 0 Å². The monoisotopic (exact) mass is 178 g/mol. The molecule has 0 aliphatic heterocycles. The van der Waals surface area contributed by atoms with Crippen LogP contribution in [0.4, 0.5) is 0 Å². The number of benzene rings is 1. The smallest absolute Gasteiger partial charge is 0.163 e. The molecule has 0 aliphatic carbocycles. The van der Waals surface area contributed by atoms with Gasteiger partial charge in [0.05, 0.1) is 5.56 Å². The van der Waals surface area contributed by atoms with Gasteiger partial charge in [-0.15, -0.1) is 0 Å². The van der Waals surface area contributed by atoms with Gasteiger partial charge < -0.3 is 5.11 Å². The molecule has 0 spiro atoms. The molecule has 3 nitrogen and oxygen atoms in total. The summed E-state index contributed by atoms with van der Waals surface area (Å²) in [5, 5.41) is 9.45. The van der Waals surface area contributed by atoms with Crippen molar-refractivity contribution in [2.24, 2.45) is 0 Å². The second-order valence-electron chi connectivity index (χ2n) is 2.91. The van der Waals surface area contributed by atoms with E-state index in [-0.39, 0.29) is 17.1 Å². The number of aldehydes is 1. The molecule has 13 heavy (non-hydrogen) atoms. The van der Waals surface area contributed by atoms with Crippen molar-refractivity contribution in [1.29, 1.82) is 0 Å². The molecule has 1 rings (SSSR count). The van der Waals surface area contributed by atoms with E-state index >= 15 is 0 Å². The van der Waals surface area contributed by atoms with E-state index in [2.05, 4.69) is 0 Å². The normalized spacial score (nSPS) is 9.69. The van der Waals surface area contributed by atoms with Crippen LogP contribution in [0.5, 0.6) is 5.75 Å². The van der Waals surface area contributed by atoms with Crippen molar-refractivity contribution in [3.05, 3.63) is 28.8 Å². The van der Waals surface area contributed by atoms with Crippen molar-refractivity contribution >= 4 is 12.1 Å². The molecule has 0 saturated heterocycles. The number of aryl methyl sites for hydroxylation is 1. The lowest BCUT2D eigenvalue weighted by Gasteiger charge is -2.04. The second kappa shape index (κ2) is 3.39. The molecule has 0 aliphatic rings. The molecular formula is C10H10O3. The van der Waals surface area contributed by atoms with Gasteiger partial charge in [0.2, 0.25) is 0 Å². The minimum absolute atomic E-state index is 0.0434. The molecule has 0 unspecified atom stereocenters. The first-order valence-corrected chi connectivity index (χ1v) is 3.86. The molecule has 0 fully saturated rings. The second-order valence-corrected chi connectivity index (χ2v) is 2.91. The molecule has 0 aromatic heterocycles. The van der Waals surface area contributed by atoms with Crippen LogP contribution in [0, 0.1) is 6.92 Å². The molecule has 0 heterocycles. The summed E-state index contributed by atoms with van der Waals surface area (Å²) < 4.78 is 0. The first-order chi connectivity index (χ1) is 6.06. The van der Waals surface area contributed by atoms with Crippen molar-refractivity contribution in [3.8, 4) is 5.75 Å². The van der Waals surface area contributed by atoms with Crippen LogP contribution in [-0.4, -0.2) is 17.2 Å². The summed E-state index contributed by atoms with van der Waals surface area (Å²) in [5.74, 6) is -0.289. The number of carbonyl (C=O) groups excluding carboxylic acids is 2. The van der Waals surface area contributed by atoms with Crippen LogP contribution in [0.3, 0.4) is 0 Å². The van der Waals surface area contributed by atoms with Gasteiger partial charge in [-0.1, -0.05) is 0 Å². The van der Waals surface area contributed by atoms with E-state index < -0.39 is 0 Å². The zero-order chi connectivity index (χ0) is 10.0. The van der Waals surface area contributed by atoms with E-state index in [1.54, 1.807) is 6.92 Å². The number of hydrogen-bond donors (Lipinski definition) is 1. The average Bonchev–Trinajstić information content (AvgIpc) is 2.09. The Morgan fingerprint density at radius 2 is 2.08 bits per heavy atom. The number of hydrogen-bond acceptors (Lipinski definition) is 3. The van der Waals surface area contributed by atoms with Crippen LogP contribution in [0.15, 0.2) is 12.1 Å². The van der Waals surface area contributed by atoms with Gasteiger partial charge in [-0.2, -0.15) is 0 Å². The fourth-order valence-electron chi connectivity index (χ4n) is 1.14. The van der Waals surface area contributed by atoms with Crippen LogP contribution in [0.2, 0.25) is 0 Å². The van der Waals surface area contributed by atoms with E-state index in [0.717, 1.165) is 0 Å². The largest absolute Gasteiger partial charge is 0.507 e. The number of ketones is 1. The predicted molar refractivity (Wildman–Crippen MR) is 48.2 cm³/mol. The van der Waals surface area contributed by atoms with Gasteiger partial charge in [-0.05, 0) is 31.5 Å². The van der Waals surface area contributed by atoms with Gasteiger partial charge in [0.25, 0.3) is 0 Å². The van der Waals surface area contributed by atoms with E-state index in [9.17, 15) is 14.7 Å². The fourth-order valence-corrected chi connectivity index (χ4v) is 1.14. The molecule has 68 valence electrons. The molecule has 3 heteroatoms. The molecule has 0 radical (unpaired) electrons. The van der Waals surface area contributed by atoms with Crippen LogP contribution in [0.25, 0.3) is 0 Å². The highest BCUT2D eigenvalue weighted by Gasteiger charge is 2.10. The number of aromatic hydroxyl groups is 1. The van der Waals surface area contributed by atoms with Crippen LogP contribution < -0.4 is 0 Å². The number of phenolic OH excluding ortho intramolecular Hbond substituents is 1. The SMILES string of the molecule is CC(=O)c1cc(C=O)cc(C)c1O. The summed E-state index contributed by atoms with van der Waals surface area (Å²) >= 11 is 0. The number of phenols is 1. The lowest BCUT2D eigenvalue weighted by molar-refractivity contribution is 0.101. The quantitative estimate of drug-likeness (QED) is 0.554. The number of carbonyl (C=O) groups is 2. The Hall–Kier alpha value is -1.64. The Morgan fingerprint density at radius 1 is 1.46 bits per heavy atom. The highest BCUT2D eigenvalue weighted by Crippen LogP contribution is 2.23. The van der Waals surface area contributed by atoms with Crippen molar-refractivity contribution in [1.82, 2.24) is 0 Å². The van der Waals surface area contributed by atoms with Crippen LogP contribution >= 0.6 is 0 Å². The number of rotatable bonds is 2. The minimum atomic E-state index is -0.246. The molecular weight excluding hydrogens is 168 g/mol. The fraction of sp³-hybridized carbons (Fsp3) is 0.200. The van der Waals surface area contributed by atoms with Crippen LogP contribution in [0.1, 0.15) is 33.2 Å². The summed E-state index contributed by atoms with van der Waals surface area (Å²) in [5.41, 5.74) is 1.14. The van der Waals surface area contributed by atoms with Gasteiger partial charge in [-0.3, -0.25) is 9.59 Å². The van der Waals surface area contributed by atoms with Gasteiger partial charge in [0, 0.05) is 5.56 Å². The zero-order valence-electron chi connectivity index (χ0n) is 7.50. The first kappa shape index (κ1) is 9.45. The summed E-state index contributed by atoms with van der Waals surface area (Å²) in [4.78, 5) is 21.5. The van der Waals surface area contributed by atoms with Gasteiger partial charge >= 0.3 is 0 Å². The zero-order valence-corrected chi connectivity index (χ0v) is 7.50. The standard InChI is InChI=1S/C10H10O3/c1-6-3-8(5-11)4-9(7(2)12)10(6)13/h3-5,13H,1-2H3. The number of Topliss-reactive ketones (excluding diaryl/α,β-unsaturated/α-hetero) is 1. The summed E-state index contributed by atoms with van der Waals surface area (Å²) in [6.45, 7) is 3.00. The maximum Gasteiger partial charge on any atom is 0.163 e. The Kier molecular flexibility index (Phi) is 2.46. The molecule has 1 aromatic rings. The maximum absolute atomic E-state index is 11.0.